The van der Waals surface area contributed by atoms with Crippen LogP contribution in [0.15, 0.2) is 36.4 Å². The monoisotopic (exact) mass is 286 g/mol. The Bertz CT molecular complexity index is 560. The second kappa shape index (κ2) is 7.43. The van der Waals surface area contributed by atoms with Gasteiger partial charge in [0.1, 0.15) is 0 Å². The molecule has 1 aromatic heterocycles. The molecule has 0 amide bonds. The summed E-state index contributed by atoms with van der Waals surface area (Å²) in [7, 11) is 0. The molecular formula is C18H26N2O. The number of aromatic nitrogens is 1. The number of hydrogen-bond acceptors (Lipinski definition) is 2. The number of aliphatic hydroxyl groups is 1. The maximum Gasteiger partial charge on any atom is 0.0664 e. The molecule has 1 heterocycles. The van der Waals surface area contributed by atoms with Crippen LogP contribution < -0.4 is 5.32 Å². The Morgan fingerprint density at radius 3 is 2.57 bits per heavy atom. The van der Waals surface area contributed by atoms with Gasteiger partial charge in [0.15, 0.2) is 0 Å². The zero-order valence-electron chi connectivity index (χ0n) is 13.3. The lowest BCUT2D eigenvalue weighted by molar-refractivity contribution is 0.160. The van der Waals surface area contributed by atoms with E-state index in [1.54, 1.807) is 0 Å². The van der Waals surface area contributed by atoms with Crippen molar-refractivity contribution < 1.29 is 5.11 Å². The van der Waals surface area contributed by atoms with E-state index < -0.39 is 0 Å². The van der Waals surface area contributed by atoms with Crippen LogP contribution in [0.4, 0.5) is 0 Å². The molecule has 2 N–H and O–H groups in total. The van der Waals surface area contributed by atoms with Crippen LogP contribution in [0.2, 0.25) is 0 Å². The minimum absolute atomic E-state index is 0.243. The summed E-state index contributed by atoms with van der Waals surface area (Å²) in [5.41, 5.74) is 4.99. The molecule has 0 spiro atoms. The van der Waals surface area contributed by atoms with Crippen molar-refractivity contribution >= 4 is 0 Å². The Labute approximate surface area is 127 Å². The Hall–Kier alpha value is -1.58. The molecule has 1 aromatic carbocycles. The van der Waals surface area contributed by atoms with E-state index in [0.29, 0.717) is 6.54 Å². The average Bonchev–Trinajstić information content (AvgIpc) is 2.75. The molecule has 0 radical (unpaired) electrons. The molecule has 3 nitrogen and oxygen atoms in total. The summed E-state index contributed by atoms with van der Waals surface area (Å²) in [5.74, 6) is 0. The summed E-state index contributed by atoms with van der Waals surface area (Å²) in [6.07, 6.45) is 1.63. The van der Waals surface area contributed by atoms with E-state index in [0.717, 1.165) is 19.4 Å². The van der Waals surface area contributed by atoms with Crippen LogP contribution in [0.1, 0.15) is 36.7 Å². The lowest BCUT2D eigenvalue weighted by Crippen LogP contribution is -2.26. The van der Waals surface area contributed by atoms with Gasteiger partial charge in [-0.15, -0.1) is 0 Å². The average molecular weight is 286 g/mol. The van der Waals surface area contributed by atoms with Gasteiger partial charge < -0.3 is 15.0 Å². The van der Waals surface area contributed by atoms with Crippen molar-refractivity contribution in [2.75, 3.05) is 6.54 Å². The van der Waals surface area contributed by atoms with Crippen molar-refractivity contribution in [3.05, 3.63) is 53.3 Å². The van der Waals surface area contributed by atoms with Crippen LogP contribution in [0.5, 0.6) is 0 Å². The maximum atomic E-state index is 9.77. The smallest absolute Gasteiger partial charge is 0.0664 e. The van der Waals surface area contributed by atoms with Gasteiger partial charge in [0.2, 0.25) is 0 Å². The molecule has 3 heteroatoms. The van der Waals surface area contributed by atoms with Crippen molar-refractivity contribution in [3.63, 3.8) is 0 Å². The quantitative estimate of drug-likeness (QED) is 0.819. The van der Waals surface area contributed by atoms with Gasteiger partial charge >= 0.3 is 0 Å². The molecule has 2 rings (SSSR count). The van der Waals surface area contributed by atoms with E-state index >= 15 is 0 Å². The molecule has 0 aliphatic heterocycles. The number of hydrogen-bond donors (Lipinski definition) is 2. The van der Waals surface area contributed by atoms with Gasteiger partial charge in [-0.1, -0.05) is 31.5 Å². The minimum atomic E-state index is -0.243. The number of rotatable bonds is 7. The number of benzene rings is 1. The third kappa shape index (κ3) is 3.96. The van der Waals surface area contributed by atoms with E-state index in [1.165, 1.54) is 22.6 Å². The highest BCUT2D eigenvalue weighted by Crippen LogP contribution is 2.20. The fraction of sp³-hybridized carbons (Fsp3) is 0.444. The van der Waals surface area contributed by atoms with Gasteiger partial charge in [-0.25, -0.2) is 0 Å². The molecular weight excluding hydrogens is 260 g/mol. The predicted molar refractivity (Wildman–Crippen MR) is 87.9 cm³/mol. The SMILES string of the molecule is CCCC(O)CNCc1cc(C)n(-c2ccccc2)c1C. The van der Waals surface area contributed by atoms with Crippen molar-refractivity contribution in [2.45, 2.75) is 46.3 Å². The number of nitrogens with zero attached hydrogens (tertiary/aromatic N) is 1. The standard InChI is InChI=1S/C18H26N2O/c1-4-8-18(21)13-19-12-16-11-14(2)20(15(16)3)17-9-6-5-7-10-17/h5-7,9-11,18-19,21H,4,8,12-13H2,1-3H3. The highest BCUT2D eigenvalue weighted by atomic mass is 16.3. The first-order valence-corrected chi connectivity index (χ1v) is 7.75. The lowest BCUT2D eigenvalue weighted by Gasteiger charge is -2.12. The summed E-state index contributed by atoms with van der Waals surface area (Å²) in [6.45, 7) is 7.84. The second-order valence-electron chi connectivity index (χ2n) is 5.64. The van der Waals surface area contributed by atoms with Gasteiger partial charge in [-0.05, 0) is 44.0 Å². The van der Waals surface area contributed by atoms with Gasteiger partial charge in [0.25, 0.3) is 0 Å². The van der Waals surface area contributed by atoms with Crippen molar-refractivity contribution in [2.24, 2.45) is 0 Å². The van der Waals surface area contributed by atoms with E-state index in [1.807, 2.05) is 6.07 Å². The summed E-state index contributed by atoms with van der Waals surface area (Å²) < 4.78 is 2.28. The lowest BCUT2D eigenvalue weighted by atomic mass is 10.2. The van der Waals surface area contributed by atoms with E-state index in [9.17, 15) is 5.11 Å². The molecule has 2 aromatic rings. The molecule has 0 fully saturated rings. The molecule has 114 valence electrons. The zero-order valence-corrected chi connectivity index (χ0v) is 13.3. The van der Waals surface area contributed by atoms with Crippen LogP contribution in [0.25, 0.3) is 5.69 Å². The summed E-state index contributed by atoms with van der Waals surface area (Å²) in [4.78, 5) is 0. The molecule has 0 aliphatic rings. The predicted octanol–water partition coefficient (Wildman–Crippen LogP) is 3.34. The van der Waals surface area contributed by atoms with Crippen molar-refractivity contribution in [1.82, 2.24) is 9.88 Å². The van der Waals surface area contributed by atoms with Gasteiger partial charge in [0, 0.05) is 30.2 Å². The first kappa shape index (κ1) is 15.8. The molecule has 0 bridgehead atoms. The molecule has 0 aliphatic carbocycles. The van der Waals surface area contributed by atoms with Gasteiger partial charge in [-0.2, -0.15) is 0 Å². The summed E-state index contributed by atoms with van der Waals surface area (Å²) >= 11 is 0. The number of nitrogens with one attached hydrogen (secondary N) is 1. The first-order valence-electron chi connectivity index (χ1n) is 7.75. The Morgan fingerprint density at radius 1 is 1.19 bits per heavy atom. The zero-order chi connectivity index (χ0) is 15.2. The van der Waals surface area contributed by atoms with Crippen LogP contribution in [0, 0.1) is 13.8 Å². The highest BCUT2D eigenvalue weighted by molar-refractivity contribution is 5.40. The third-order valence-electron chi connectivity index (χ3n) is 3.87. The molecule has 0 saturated heterocycles. The number of aliphatic hydroxyl groups excluding tert-OH is 1. The summed E-state index contributed by atoms with van der Waals surface area (Å²) in [6, 6.07) is 12.6. The van der Waals surface area contributed by atoms with Gasteiger partial charge in [-0.3, -0.25) is 0 Å². The van der Waals surface area contributed by atoms with Crippen LogP contribution >= 0.6 is 0 Å². The number of para-hydroxylation sites is 1. The fourth-order valence-electron chi connectivity index (χ4n) is 2.79. The normalized spacial score (nSPS) is 12.6. The third-order valence-corrected chi connectivity index (χ3v) is 3.87. The largest absolute Gasteiger partial charge is 0.392 e. The molecule has 1 atom stereocenters. The number of aryl methyl sites for hydroxylation is 1. The van der Waals surface area contributed by atoms with Crippen LogP contribution in [-0.2, 0) is 6.54 Å². The molecule has 0 saturated carbocycles. The minimum Gasteiger partial charge on any atom is -0.392 e. The van der Waals surface area contributed by atoms with Crippen LogP contribution in [-0.4, -0.2) is 22.3 Å². The fourth-order valence-corrected chi connectivity index (χ4v) is 2.79. The Kier molecular flexibility index (Phi) is 5.59. The van der Waals surface area contributed by atoms with E-state index in [4.69, 9.17) is 0 Å². The molecule has 21 heavy (non-hydrogen) atoms. The first-order chi connectivity index (χ1) is 10.1. The van der Waals surface area contributed by atoms with E-state index in [-0.39, 0.29) is 6.10 Å². The van der Waals surface area contributed by atoms with Gasteiger partial charge in [0.05, 0.1) is 6.10 Å². The van der Waals surface area contributed by atoms with Crippen molar-refractivity contribution in [3.8, 4) is 5.69 Å². The van der Waals surface area contributed by atoms with E-state index in [2.05, 4.69) is 61.0 Å². The second-order valence-corrected chi connectivity index (χ2v) is 5.64. The summed E-state index contributed by atoms with van der Waals surface area (Å²) in [5, 5.41) is 13.1. The highest BCUT2D eigenvalue weighted by Gasteiger charge is 2.10. The Balaban J connectivity index is 2.06. The molecule has 1 unspecified atom stereocenters. The topological polar surface area (TPSA) is 37.2 Å². The Morgan fingerprint density at radius 2 is 1.90 bits per heavy atom. The maximum absolute atomic E-state index is 9.77. The van der Waals surface area contributed by atoms with Crippen molar-refractivity contribution in [1.29, 1.82) is 0 Å². The van der Waals surface area contributed by atoms with Crippen LogP contribution in [0.3, 0.4) is 0 Å².